The first-order valence-electron chi connectivity index (χ1n) is 5.81. The Morgan fingerprint density at radius 1 is 1.35 bits per heavy atom. The standard InChI is InChI=1S/C13H16INO2/c1-15-8-6-10(7-9-15)17-13(16)11-4-2-3-5-12(11)14/h2-5,10H,6-9H2,1H3. The van der Waals surface area contributed by atoms with Gasteiger partial charge in [0.1, 0.15) is 6.10 Å². The monoisotopic (exact) mass is 345 g/mol. The number of esters is 1. The highest BCUT2D eigenvalue weighted by Gasteiger charge is 2.21. The molecule has 1 aliphatic heterocycles. The topological polar surface area (TPSA) is 29.5 Å². The SMILES string of the molecule is CN1CCC(OC(=O)c2ccccc2I)CC1. The van der Waals surface area contributed by atoms with Crippen LogP contribution in [0.3, 0.4) is 0 Å². The molecule has 1 heterocycles. The number of rotatable bonds is 2. The van der Waals surface area contributed by atoms with E-state index in [1.807, 2.05) is 24.3 Å². The minimum Gasteiger partial charge on any atom is -0.459 e. The van der Waals surface area contributed by atoms with Gasteiger partial charge in [-0.2, -0.15) is 0 Å². The summed E-state index contributed by atoms with van der Waals surface area (Å²) in [7, 11) is 2.10. The second-order valence-corrected chi connectivity index (χ2v) is 5.55. The van der Waals surface area contributed by atoms with E-state index < -0.39 is 0 Å². The van der Waals surface area contributed by atoms with E-state index in [-0.39, 0.29) is 12.1 Å². The maximum atomic E-state index is 12.0. The average molecular weight is 345 g/mol. The number of piperidine rings is 1. The first-order valence-corrected chi connectivity index (χ1v) is 6.89. The van der Waals surface area contributed by atoms with Crippen LogP contribution in [-0.2, 0) is 4.74 Å². The maximum absolute atomic E-state index is 12.0. The van der Waals surface area contributed by atoms with Gasteiger partial charge in [0, 0.05) is 16.7 Å². The number of carbonyl (C=O) groups excluding carboxylic acids is 1. The van der Waals surface area contributed by atoms with Gasteiger partial charge in [0.05, 0.1) is 5.56 Å². The lowest BCUT2D eigenvalue weighted by atomic mass is 10.1. The summed E-state index contributed by atoms with van der Waals surface area (Å²) in [4.78, 5) is 14.2. The third-order valence-corrected chi connectivity index (χ3v) is 3.97. The highest BCUT2D eigenvalue weighted by molar-refractivity contribution is 14.1. The van der Waals surface area contributed by atoms with Crippen molar-refractivity contribution < 1.29 is 9.53 Å². The van der Waals surface area contributed by atoms with Crippen LogP contribution in [0.4, 0.5) is 0 Å². The van der Waals surface area contributed by atoms with E-state index >= 15 is 0 Å². The number of nitrogens with zero attached hydrogens (tertiary/aromatic N) is 1. The van der Waals surface area contributed by atoms with Crippen LogP contribution in [0, 0.1) is 3.57 Å². The number of carbonyl (C=O) groups is 1. The van der Waals surface area contributed by atoms with Crippen LogP contribution < -0.4 is 0 Å². The number of hydrogen-bond acceptors (Lipinski definition) is 3. The van der Waals surface area contributed by atoms with Crippen molar-refractivity contribution in [2.45, 2.75) is 18.9 Å². The molecule has 0 atom stereocenters. The van der Waals surface area contributed by atoms with Gasteiger partial charge in [-0.15, -0.1) is 0 Å². The number of benzene rings is 1. The predicted molar refractivity (Wildman–Crippen MR) is 75.1 cm³/mol. The maximum Gasteiger partial charge on any atom is 0.339 e. The van der Waals surface area contributed by atoms with E-state index in [4.69, 9.17) is 4.74 Å². The summed E-state index contributed by atoms with van der Waals surface area (Å²) < 4.78 is 6.48. The number of ether oxygens (including phenoxy) is 1. The van der Waals surface area contributed by atoms with Gasteiger partial charge in [0.2, 0.25) is 0 Å². The number of hydrogen-bond donors (Lipinski definition) is 0. The van der Waals surface area contributed by atoms with Crippen LogP contribution in [0.25, 0.3) is 0 Å². The molecule has 0 aliphatic carbocycles. The molecule has 92 valence electrons. The molecule has 0 unspecified atom stereocenters. The molecule has 4 heteroatoms. The molecule has 1 aromatic carbocycles. The zero-order valence-electron chi connectivity index (χ0n) is 9.86. The van der Waals surface area contributed by atoms with Crippen molar-refractivity contribution >= 4 is 28.6 Å². The lowest BCUT2D eigenvalue weighted by Gasteiger charge is -2.28. The van der Waals surface area contributed by atoms with E-state index in [2.05, 4.69) is 34.5 Å². The van der Waals surface area contributed by atoms with Crippen LogP contribution >= 0.6 is 22.6 Å². The highest BCUT2D eigenvalue weighted by Crippen LogP contribution is 2.17. The van der Waals surface area contributed by atoms with Crippen molar-refractivity contribution in [3.8, 4) is 0 Å². The number of halogens is 1. The van der Waals surface area contributed by atoms with Gasteiger partial charge < -0.3 is 9.64 Å². The third-order valence-electron chi connectivity index (χ3n) is 3.03. The molecule has 17 heavy (non-hydrogen) atoms. The van der Waals surface area contributed by atoms with E-state index in [1.54, 1.807) is 0 Å². The van der Waals surface area contributed by atoms with Crippen LogP contribution in [-0.4, -0.2) is 37.1 Å². The lowest BCUT2D eigenvalue weighted by Crippen LogP contribution is -2.35. The summed E-state index contributed by atoms with van der Waals surface area (Å²) in [5.41, 5.74) is 0.673. The fourth-order valence-electron chi connectivity index (χ4n) is 1.94. The van der Waals surface area contributed by atoms with Gasteiger partial charge in [0.15, 0.2) is 0 Å². The Labute approximate surface area is 115 Å². The molecule has 1 fully saturated rings. The smallest absolute Gasteiger partial charge is 0.339 e. The van der Waals surface area contributed by atoms with Crippen molar-refractivity contribution in [3.05, 3.63) is 33.4 Å². The van der Waals surface area contributed by atoms with E-state index in [0.29, 0.717) is 5.56 Å². The zero-order chi connectivity index (χ0) is 12.3. The predicted octanol–water partition coefficient (Wildman–Crippen LogP) is 2.54. The first-order chi connectivity index (χ1) is 8.16. The molecule has 3 nitrogen and oxygen atoms in total. The van der Waals surface area contributed by atoms with Gasteiger partial charge >= 0.3 is 5.97 Å². The van der Waals surface area contributed by atoms with Crippen LogP contribution in [0.1, 0.15) is 23.2 Å². The Morgan fingerprint density at radius 3 is 2.65 bits per heavy atom. The van der Waals surface area contributed by atoms with Crippen molar-refractivity contribution in [1.29, 1.82) is 0 Å². The molecule has 0 radical (unpaired) electrons. The highest BCUT2D eigenvalue weighted by atomic mass is 127. The third kappa shape index (κ3) is 3.42. The largest absolute Gasteiger partial charge is 0.459 e. The molecular weight excluding hydrogens is 329 g/mol. The van der Waals surface area contributed by atoms with Crippen molar-refractivity contribution in [2.75, 3.05) is 20.1 Å². The second kappa shape index (κ2) is 5.82. The minimum absolute atomic E-state index is 0.0784. The molecule has 0 spiro atoms. The molecule has 1 aromatic rings. The molecular formula is C13H16INO2. The molecule has 0 amide bonds. The second-order valence-electron chi connectivity index (χ2n) is 4.39. The lowest BCUT2D eigenvalue weighted by molar-refractivity contribution is 0.0138. The Bertz CT molecular complexity index is 400. The summed E-state index contributed by atoms with van der Waals surface area (Å²) >= 11 is 2.16. The average Bonchev–Trinajstić information content (AvgIpc) is 2.32. The molecule has 0 N–H and O–H groups in total. The van der Waals surface area contributed by atoms with E-state index in [1.165, 1.54) is 0 Å². The quantitative estimate of drug-likeness (QED) is 0.610. The first kappa shape index (κ1) is 12.8. The number of likely N-dealkylation sites (tertiary alicyclic amines) is 1. The Morgan fingerprint density at radius 2 is 2.00 bits per heavy atom. The summed E-state index contributed by atoms with van der Waals surface area (Å²) in [5, 5.41) is 0. The van der Waals surface area contributed by atoms with Gasteiger partial charge in [-0.3, -0.25) is 0 Å². The van der Waals surface area contributed by atoms with Crippen molar-refractivity contribution in [3.63, 3.8) is 0 Å². The van der Waals surface area contributed by atoms with Gasteiger partial charge in [0.25, 0.3) is 0 Å². The zero-order valence-corrected chi connectivity index (χ0v) is 12.0. The molecule has 0 saturated carbocycles. The Balaban J connectivity index is 1.96. The summed E-state index contributed by atoms with van der Waals surface area (Å²) in [6.07, 6.45) is 1.95. The van der Waals surface area contributed by atoms with Crippen LogP contribution in [0.2, 0.25) is 0 Å². The summed E-state index contributed by atoms with van der Waals surface area (Å²) in [5.74, 6) is -0.190. The van der Waals surface area contributed by atoms with Crippen molar-refractivity contribution in [2.24, 2.45) is 0 Å². The fourth-order valence-corrected chi connectivity index (χ4v) is 2.55. The van der Waals surface area contributed by atoms with Crippen LogP contribution in [0.5, 0.6) is 0 Å². The van der Waals surface area contributed by atoms with Crippen molar-refractivity contribution in [1.82, 2.24) is 4.90 Å². The summed E-state index contributed by atoms with van der Waals surface area (Å²) in [6.45, 7) is 2.01. The van der Waals surface area contributed by atoms with Gasteiger partial charge in [-0.1, -0.05) is 12.1 Å². The van der Waals surface area contributed by atoms with E-state index in [0.717, 1.165) is 29.5 Å². The van der Waals surface area contributed by atoms with Gasteiger partial charge in [-0.25, -0.2) is 4.79 Å². The van der Waals surface area contributed by atoms with Crippen LogP contribution in [0.15, 0.2) is 24.3 Å². The normalized spacial score (nSPS) is 18.0. The summed E-state index contributed by atoms with van der Waals surface area (Å²) in [6, 6.07) is 7.53. The molecule has 1 aliphatic rings. The molecule has 0 bridgehead atoms. The molecule has 0 aromatic heterocycles. The molecule has 2 rings (SSSR count). The Hall–Kier alpha value is -0.620. The minimum atomic E-state index is -0.190. The van der Waals surface area contributed by atoms with Gasteiger partial charge in [-0.05, 0) is 54.6 Å². The molecule has 1 saturated heterocycles. The Kier molecular flexibility index (Phi) is 4.39. The fraction of sp³-hybridized carbons (Fsp3) is 0.462. The van der Waals surface area contributed by atoms with E-state index in [9.17, 15) is 4.79 Å².